The summed E-state index contributed by atoms with van der Waals surface area (Å²) in [6, 6.07) is 7.49. The monoisotopic (exact) mass is 245 g/mol. The first-order valence-corrected chi connectivity index (χ1v) is 6.12. The minimum atomic E-state index is 0.270. The van der Waals surface area contributed by atoms with Crippen LogP contribution in [0.3, 0.4) is 0 Å². The molecule has 0 radical (unpaired) electrons. The predicted molar refractivity (Wildman–Crippen MR) is 71.9 cm³/mol. The molecule has 0 aliphatic carbocycles. The van der Waals surface area contributed by atoms with E-state index < -0.39 is 0 Å². The second-order valence-electron chi connectivity index (χ2n) is 5.70. The van der Waals surface area contributed by atoms with Crippen LogP contribution in [0, 0.1) is 5.41 Å². The molecule has 2 rings (SSSR count). The van der Waals surface area contributed by atoms with Gasteiger partial charge in [-0.2, -0.15) is 4.98 Å². The van der Waals surface area contributed by atoms with Crippen molar-refractivity contribution < 1.29 is 4.52 Å². The largest absolute Gasteiger partial charge is 0.399 e. The molecular weight excluding hydrogens is 226 g/mol. The van der Waals surface area contributed by atoms with Gasteiger partial charge in [-0.3, -0.25) is 0 Å². The lowest BCUT2D eigenvalue weighted by molar-refractivity contribution is 0.327. The van der Waals surface area contributed by atoms with Crippen molar-refractivity contribution in [3.05, 3.63) is 30.2 Å². The van der Waals surface area contributed by atoms with E-state index in [1.807, 2.05) is 24.3 Å². The van der Waals surface area contributed by atoms with Crippen LogP contribution in [0.4, 0.5) is 5.69 Å². The minimum Gasteiger partial charge on any atom is -0.399 e. The Morgan fingerprint density at radius 3 is 2.72 bits per heavy atom. The van der Waals surface area contributed by atoms with Gasteiger partial charge in [0.1, 0.15) is 0 Å². The highest BCUT2D eigenvalue weighted by Crippen LogP contribution is 2.23. The summed E-state index contributed by atoms with van der Waals surface area (Å²) in [5.74, 6) is 1.29. The Labute approximate surface area is 107 Å². The topological polar surface area (TPSA) is 64.9 Å². The van der Waals surface area contributed by atoms with E-state index >= 15 is 0 Å². The lowest BCUT2D eigenvalue weighted by Crippen LogP contribution is -2.06. The second-order valence-corrected chi connectivity index (χ2v) is 5.70. The van der Waals surface area contributed by atoms with E-state index in [2.05, 4.69) is 30.9 Å². The van der Waals surface area contributed by atoms with Crippen molar-refractivity contribution in [2.24, 2.45) is 5.41 Å². The molecule has 96 valence electrons. The van der Waals surface area contributed by atoms with Crippen molar-refractivity contribution >= 4 is 5.69 Å². The third kappa shape index (κ3) is 3.32. The summed E-state index contributed by atoms with van der Waals surface area (Å²) in [4.78, 5) is 4.39. The molecule has 1 heterocycles. The Morgan fingerprint density at radius 1 is 1.28 bits per heavy atom. The molecule has 4 heteroatoms. The van der Waals surface area contributed by atoms with Crippen molar-refractivity contribution in [2.45, 2.75) is 33.6 Å². The number of benzene rings is 1. The number of anilines is 1. The van der Waals surface area contributed by atoms with Crippen LogP contribution < -0.4 is 5.73 Å². The zero-order valence-electron chi connectivity index (χ0n) is 11.1. The van der Waals surface area contributed by atoms with Crippen LogP contribution in [-0.2, 0) is 6.42 Å². The van der Waals surface area contributed by atoms with E-state index in [4.69, 9.17) is 10.3 Å². The van der Waals surface area contributed by atoms with Gasteiger partial charge in [0.2, 0.25) is 11.7 Å². The smallest absolute Gasteiger partial charge is 0.226 e. The minimum absolute atomic E-state index is 0.270. The first kappa shape index (κ1) is 12.6. The maximum Gasteiger partial charge on any atom is 0.226 e. The average molecular weight is 245 g/mol. The van der Waals surface area contributed by atoms with E-state index in [0.717, 1.165) is 18.4 Å². The number of rotatable bonds is 3. The summed E-state index contributed by atoms with van der Waals surface area (Å²) in [7, 11) is 0. The molecule has 0 amide bonds. The van der Waals surface area contributed by atoms with Crippen molar-refractivity contribution in [2.75, 3.05) is 5.73 Å². The first-order chi connectivity index (χ1) is 8.44. The van der Waals surface area contributed by atoms with Crippen LogP contribution >= 0.6 is 0 Å². The standard InChI is InChI=1S/C14H19N3O/c1-14(2,3)8-7-12-16-13(17-18-12)10-5-4-6-11(15)9-10/h4-6,9H,7-8,15H2,1-3H3. The number of aromatic nitrogens is 2. The summed E-state index contributed by atoms with van der Waals surface area (Å²) in [6.45, 7) is 6.59. The van der Waals surface area contributed by atoms with E-state index in [-0.39, 0.29) is 5.41 Å². The number of aryl methyl sites for hydroxylation is 1. The van der Waals surface area contributed by atoms with Crippen LogP contribution in [0.1, 0.15) is 33.1 Å². The van der Waals surface area contributed by atoms with Crippen LogP contribution in [-0.4, -0.2) is 10.1 Å². The Kier molecular flexibility index (Phi) is 3.36. The molecule has 2 aromatic rings. The van der Waals surface area contributed by atoms with E-state index in [9.17, 15) is 0 Å². The van der Waals surface area contributed by atoms with Crippen molar-refractivity contribution in [3.63, 3.8) is 0 Å². The zero-order valence-corrected chi connectivity index (χ0v) is 11.1. The average Bonchev–Trinajstić information content (AvgIpc) is 2.74. The molecule has 2 N–H and O–H groups in total. The van der Waals surface area contributed by atoms with Crippen LogP contribution in [0.15, 0.2) is 28.8 Å². The summed E-state index contributed by atoms with van der Waals surface area (Å²) >= 11 is 0. The molecule has 1 aromatic heterocycles. The van der Waals surface area contributed by atoms with Crippen LogP contribution in [0.25, 0.3) is 11.4 Å². The first-order valence-electron chi connectivity index (χ1n) is 6.12. The fourth-order valence-electron chi connectivity index (χ4n) is 1.63. The highest BCUT2D eigenvalue weighted by atomic mass is 16.5. The molecule has 18 heavy (non-hydrogen) atoms. The van der Waals surface area contributed by atoms with Crippen molar-refractivity contribution in [1.82, 2.24) is 10.1 Å². The van der Waals surface area contributed by atoms with Gasteiger partial charge in [-0.1, -0.05) is 38.1 Å². The molecule has 0 saturated carbocycles. The van der Waals surface area contributed by atoms with E-state index in [1.54, 1.807) is 0 Å². The predicted octanol–water partition coefficient (Wildman–Crippen LogP) is 3.30. The number of hydrogen-bond donors (Lipinski definition) is 1. The fraction of sp³-hybridized carbons (Fsp3) is 0.429. The summed E-state index contributed by atoms with van der Waals surface area (Å²) in [6.07, 6.45) is 1.82. The molecule has 0 atom stereocenters. The highest BCUT2D eigenvalue weighted by molar-refractivity contribution is 5.60. The maximum atomic E-state index is 5.73. The van der Waals surface area contributed by atoms with Crippen molar-refractivity contribution in [1.29, 1.82) is 0 Å². The van der Waals surface area contributed by atoms with Crippen LogP contribution in [0.5, 0.6) is 0 Å². The molecule has 0 bridgehead atoms. The quantitative estimate of drug-likeness (QED) is 0.843. The van der Waals surface area contributed by atoms with E-state index in [1.165, 1.54) is 0 Å². The molecule has 1 aromatic carbocycles. The Morgan fingerprint density at radius 2 is 2.06 bits per heavy atom. The van der Waals surface area contributed by atoms with Gasteiger partial charge in [-0.15, -0.1) is 0 Å². The molecule has 0 saturated heterocycles. The van der Waals surface area contributed by atoms with Gasteiger partial charge in [-0.05, 0) is 24.0 Å². The van der Waals surface area contributed by atoms with Gasteiger partial charge < -0.3 is 10.3 Å². The molecular formula is C14H19N3O. The molecule has 0 fully saturated rings. The SMILES string of the molecule is CC(C)(C)CCc1nc(-c2cccc(N)c2)no1. The molecule has 0 spiro atoms. The molecule has 0 aliphatic rings. The van der Waals surface area contributed by atoms with E-state index in [0.29, 0.717) is 17.4 Å². The summed E-state index contributed by atoms with van der Waals surface area (Å²) in [5.41, 5.74) is 7.59. The number of nitrogens with two attached hydrogens (primary N) is 1. The fourth-order valence-corrected chi connectivity index (χ4v) is 1.63. The lowest BCUT2D eigenvalue weighted by Gasteiger charge is -2.15. The lowest BCUT2D eigenvalue weighted by atomic mass is 9.91. The second kappa shape index (κ2) is 4.80. The van der Waals surface area contributed by atoms with Crippen LogP contribution in [0.2, 0.25) is 0 Å². The third-order valence-electron chi connectivity index (χ3n) is 2.70. The Balaban J connectivity index is 2.11. The van der Waals surface area contributed by atoms with Gasteiger partial charge in [0.05, 0.1) is 0 Å². The highest BCUT2D eigenvalue weighted by Gasteiger charge is 2.14. The number of hydrogen-bond acceptors (Lipinski definition) is 4. The van der Waals surface area contributed by atoms with Crippen molar-refractivity contribution in [3.8, 4) is 11.4 Å². The molecule has 0 unspecified atom stereocenters. The van der Waals surface area contributed by atoms with Gasteiger partial charge in [0, 0.05) is 17.7 Å². The normalized spacial score (nSPS) is 11.7. The Bertz CT molecular complexity index is 526. The van der Waals surface area contributed by atoms with Gasteiger partial charge in [0.15, 0.2) is 0 Å². The number of nitrogen functional groups attached to an aromatic ring is 1. The summed E-state index contributed by atoms with van der Waals surface area (Å²) in [5, 5.41) is 3.99. The Hall–Kier alpha value is -1.84. The van der Waals surface area contributed by atoms with Gasteiger partial charge in [0.25, 0.3) is 0 Å². The van der Waals surface area contributed by atoms with Gasteiger partial charge in [-0.25, -0.2) is 0 Å². The maximum absolute atomic E-state index is 5.73. The molecule has 0 aliphatic heterocycles. The molecule has 4 nitrogen and oxygen atoms in total. The number of nitrogens with zero attached hydrogens (tertiary/aromatic N) is 2. The zero-order chi connectivity index (χ0) is 13.2. The third-order valence-corrected chi connectivity index (χ3v) is 2.70. The summed E-state index contributed by atoms with van der Waals surface area (Å²) < 4.78 is 5.25. The van der Waals surface area contributed by atoms with Gasteiger partial charge >= 0.3 is 0 Å².